The van der Waals surface area contributed by atoms with Crippen molar-refractivity contribution < 1.29 is 0 Å². The zero-order valence-corrected chi connectivity index (χ0v) is 5.99. The molecule has 3 N–H and O–H groups in total. The van der Waals surface area contributed by atoms with Crippen LogP contribution in [0.25, 0.3) is 0 Å². The number of nitrogens with two attached hydrogens (primary N) is 1. The molecular formula is C6H16N2. The Morgan fingerprint density at radius 3 is 2.12 bits per heavy atom. The van der Waals surface area contributed by atoms with Crippen molar-refractivity contribution in [2.75, 3.05) is 13.1 Å². The minimum Gasteiger partial charge on any atom is -0.329 e. The molecule has 0 aliphatic carbocycles. The monoisotopic (exact) mass is 116 g/mol. The van der Waals surface area contributed by atoms with Crippen LogP contribution in [0.3, 0.4) is 0 Å². The van der Waals surface area contributed by atoms with E-state index in [4.69, 9.17) is 5.73 Å². The Labute approximate surface area is 51.5 Å². The van der Waals surface area contributed by atoms with Crippen molar-refractivity contribution >= 4 is 0 Å². The Bertz CT molecular complexity index is 59.5. The van der Waals surface area contributed by atoms with Crippen LogP contribution >= 0.6 is 0 Å². The van der Waals surface area contributed by atoms with Crippen LogP contribution in [-0.4, -0.2) is 18.6 Å². The molecule has 0 bridgehead atoms. The molecule has 0 aromatic heterocycles. The summed E-state index contributed by atoms with van der Waals surface area (Å²) < 4.78 is 0. The van der Waals surface area contributed by atoms with Crippen LogP contribution in [0.4, 0.5) is 0 Å². The Morgan fingerprint density at radius 2 is 2.00 bits per heavy atom. The Morgan fingerprint density at radius 1 is 1.50 bits per heavy atom. The molecule has 0 unspecified atom stereocenters. The van der Waals surface area contributed by atoms with E-state index in [-0.39, 0.29) is 5.54 Å². The van der Waals surface area contributed by atoms with Crippen molar-refractivity contribution in [3.05, 3.63) is 0 Å². The van der Waals surface area contributed by atoms with Gasteiger partial charge in [-0.1, -0.05) is 6.92 Å². The van der Waals surface area contributed by atoms with E-state index in [0.29, 0.717) is 6.54 Å². The van der Waals surface area contributed by atoms with E-state index in [2.05, 4.69) is 26.1 Å². The second-order valence-electron chi connectivity index (χ2n) is 2.62. The van der Waals surface area contributed by atoms with Crippen LogP contribution in [0.5, 0.6) is 0 Å². The van der Waals surface area contributed by atoms with Crippen LogP contribution in [0.2, 0.25) is 0 Å². The lowest BCUT2D eigenvalue weighted by atomic mass is 10.1. The molecule has 0 saturated carbocycles. The first-order chi connectivity index (χ1) is 3.62. The van der Waals surface area contributed by atoms with Crippen molar-refractivity contribution in [2.45, 2.75) is 26.3 Å². The molecule has 0 aliphatic heterocycles. The number of rotatable bonds is 3. The Kier molecular flexibility index (Phi) is 3.02. The predicted octanol–water partition coefficient (Wildman–Crippen LogP) is 0.333. The molecule has 0 heterocycles. The molecule has 0 amide bonds. The summed E-state index contributed by atoms with van der Waals surface area (Å²) in [5.41, 5.74) is 5.55. The van der Waals surface area contributed by atoms with E-state index >= 15 is 0 Å². The first kappa shape index (κ1) is 7.92. The van der Waals surface area contributed by atoms with Crippen molar-refractivity contribution in [3.63, 3.8) is 0 Å². The van der Waals surface area contributed by atoms with Gasteiger partial charge in [-0.25, -0.2) is 0 Å². The fourth-order valence-corrected chi connectivity index (χ4v) is 0.551. The van der Waals surface area contributed by atoms with E-state index in [0.717, 1.165) is 6.54 Å². The fourth-order valence-electron chi connectivity index (χ4n) is 0.551. The number of nitrogens with one attached hydrogen (secondary N) is 1. The summed E-state index contributed by atoms with van der Waals surface area (Å²) in [7, 11) is 0. The highest BCUT2D eigenvalue weighted by atomic mass is 15.0. The van der Waals surface area contributed by atoms with Crippen LogP contribution in [0.1, 0.15) is 20.8 Å². The number of hydrogen-bond donors (Lipinski definition) is 2. The van der Waals surface area contributed by atoms with E-state index in [1.54, 1.807) is 0 Å². The van der Waals surface area contributed by atoms with Crippen LogP contribution < -0.4 is 11.1 Å². The summed E-state index contributed by atoms with van der Waals surface area (Å²) in [4.78, 5) is 0. The maximum absolute atomic E-state index is 5.43. The molecule has 0 spiro atoms. The zero-order valence-electron chi connectivity index (χ0n) is 5.99. The molecule has 0 rings (SSSR count). The van der Waals surface area contributed by atoms with Crippen molar-refractivity contribution in [3.8, 4) is 0 Å². The van der Waals surface area contributed by atoms with Crippen molar-refractivity contribution in [1.29, 1.82) is 0 Å². The van der Waals surface area contributed by atoms with Gasteiger partial charge in [0.05, 0.1) is 0 Å². The highest BCUT2D eigenvalue weighted by molar-refractivity contribution is 4.76. The van der Waals surface area contributed by atoms with Gasteiger partial charge in [0.15, 0.2) is 0 Å². The van der Waals surface area contributed by atoms with Crippen LogP contribution in [0.15, 0.2) is 0 Å². The highest BCUT2D eigenvalue weighted by Crippen LogP contribution is 1.95. The van der Waals surface area contributed by atoms with Crippen LogP contribution in [0, 0.1) is 0 Å². The molecule has 8 heavy (non-hydrogen) atoms. The molecule has 2 nitrogen and oxygen atoms in total. The van der Waals surface area contributed by atoms with Gasteiger partial charge < -0.3 is 11.1 Å². The lowest BCUT2D eigenvalue weighted by Crippen LogP contribution is -2.45. The SMILES string of the molecule is CCNC(C)(C)CN. The summed E-state index contributed by atoms with van der Waals surface area (Å²) in [6.45, 7) is 7.95. The summed E-state index contributed by atoms with van der Waals surface area (Å²) in [5.74, 6) is 0. The molecule has 0 aliphatic rings. The second kappa shape index (κ2) is 3.05. The summed E-state index contributed by atoms with van der Waals surface area (Å²) in [6, 6.07) is 0. The Balaban J connectivity index is 3.37. The van der Waals surface area contributed by atoms with Gasteiger partial charge in [0.1, 0.15) is 0 Å². The number of likely N-dealkylation sites (N-methyl/N-ethyl adjacent to an activating group) is 1. The highest BCUT2D eigenvalue weighted by Gasteiger charge is 2.11. The first-order valence-electron chi connectivity index (χ1n) is 3.07. The maximum atomic E-state index is 5.43. The third-order valence-electron chi connectivity index (χ3n) is 1.17. The van der Waals surface area contributed by atoms with Gasteiger partial charge in [0.25, 0.3) is 0 Å². The molecule has 0 aromatic carbocycles. The maximum Gasteiger partial charge on any atom is 0.0247 e. The lowest BCUT2D eigenvalue weighted by molar-refractivity contribution is 0.410. The molecule has 50 valence electrons. The van der Waals surface area contributed by atoms with Gasteiger partial charge in [-0.05, 0) is 20.4 Å². The molecule has 0 radical (unpaired) electrons. The van der Waals surface area contributed by atoms with Gasteiger partial charge in [0.2, 0.25) is 0 Å². The first-order valence-corrected chi connectivity index (χ1v) is 3.07. The quantitative estimate of drug-likeness (QED) is 0.558. The largest absolute Gasteiger partial charge is 0.329 e. The summed E-state index contributed by atoms with van der Waals surface area (Å²) >= 11 is 0. The molecular weight excluding hydrogens is 100 g/mol. The predicted molar refractivity (Wildman–Crippen MR) is 36.8 cm³/mol. The third kappa shape index (κ3) is 2.99. The van der Waals surface area contributed by atoms with Gasteiger partial charge in [-0.15, -0.1) is 0 Å². The van der Waals surface area contributed by atoms with Crippen molar-refractivity contribution in [2.24, 2.45) is 5.73 Å². The molecule has 0 fully saturated rings. The van der Waals surface area contributed by atoms with Gasteiger partial charge in [0, 0.05) is 12.1 Å². The molecule has 0 aromatic rings. The third-order valence-corrected chi connectivity index (χ3v) is 1.17. The normalized spacial score (nSPS) is 12.0. The minimum atomic E-state index is 0.120. The van der Waals surface area contributed by atoms with Gasteiger partial charge >= 0.3 is 0 Å². The zero-order chi connectivity index (χ0) is 6.62. The average molecular weight is 116 g/mol. The average Bonchev–Trinajstić information content (AvgIpc) is 1.67. The summed E-state index contributed by atoms with van der Waals surface area (Å²) in [6.07, 6.45) is 0. The van der Waals surface area contributed by atoms with Gasteiger partial charge in [-0.3, -0.25) is 0 Å². The topological polar surface area (TPSA) is 38.0 Å². The molecule has 0 atom stereocenters. The Hall–Kier alpha value is -0.0800. The van der Waals surface area contributed by atoms with Gasteiger partial charge in [-0.2, -0.15) is 0 Å². The van der Waals surface area contributed by atoms with E-state index in [1.165, 1.54) is 0 Å². The standard InChI is InChI=1S/C6H16N2/c1-4-8-6(2,3)5-7/h8H,4-5,7H2,1-3H3. The van der Waals surface area contributed by atoms with E-state index in [1.807, 2.05) is 0 Å². The van der Waals surface area contributed by atoms with E-state index in [9.17, 15) is 0 Å². The molecule has 2 heteroatoms. The van der Waals surface area contributed by atoms with Crippen LogP contribution in [-0.2, 0) is 0 Å². The van der Waals surface area contributed by atoms with Crippen molar-refractivity contribution in [1.82, 2.24) is 5.32 Å². The summed E-state index contributed by atoms with van der Waals surface area (Å²) in [5, 5.41) is 3.25. The minimum absolute atomic E-state index is 0.120. The fraction of sp³-hybridized carbons (Fsp3) is 1.00. The number of hydrogen-bond acceptors (Lipinski definition) is 2. The smallest absolute Gasteiger partial charge is 0.0247 e. The second-order valence-corrected chi connectivity index (χ2v) is 2.62. The molecule has 0 saturated heterocycles. The lowest BCUT2D eigenvalue weighted by Gasteiger charge is -2.22. The van der Waals surface area contributed by atoms with E-state index < -0.39 is 0 Å².